The van der Waals surface area contributed by atoms with E-state index < -0.39 is 0 Å². The molecule has 0 aliphatic heterocycles. The van der Waals surface area contributed by atoms with Crippen LogP contribution in [0.4, 0.5) is 0 Å². The van der Waals surface area contributed by atoms with E-state index in [1.165, 1.54) is 0 Å². The van der Waals surface area contributed by atoms with E-state index in [1.807, 2.05) is 24.4 Å². The molecule has 2 N–H and O–H groups in total. The van der Waals surface area contributed by atoms with Crippen molar-refractivity contribution in [3.8, 4) is 17.4 Å². The van der Waals surface area contributed by atoms with Crippen molar-refractivity contribution in [2.45, 2.75) is 112 Å². The Hall–Kier alpha value is -2.38. The van der Waals surface area contributed by atoms with E-state index in [0.717, 1.165) is 43.1 Å². The van der Waals surface area contributed by atoms with Crippen LogP contribution in [-0.2, 0) is 5.41 Å². The lowest BCUT2D eigenvalue weighted by molar-refractivity contribution is 0.196. The van der Waals surface area contributed by atoms with Gasteiger partial charge in [-0.2, -0.15) is 0 Å². The molecule has 0 radical (unpaired) electrons. The topological polar surface area (TPSA) is 77.5 Å². The first-order valence-corrected chi connectivity index (χ1v) is 14.3. The van der Waals surface area contributed by atoms with Crippen molar-refractivity contribution < 1.29 is 14.2 Å². The standard InChI is InChI=1S/C32H54N4O3/c1-24(21-36-30(5,6)7)39-25-14-17-33-27(20-25)31(8,9)15-16-32(10,11)35-18-19-37-28-13-12-26(22-34-28)38-23-29(2,3)4/h12-14,17,20,22,24,35-36H,15-16,18-19,21,23H2,1-11H3. The summed E-state index contributed by atoms with van der Waals surface area (Å²) in [7, 11) is 0. The molecular weight excluding hydrogens is 488 g/mol. The van der Waals surface area contributed by atoms with Crippen LogP contribution < -0.4 is 24.8 Å². The maximum absolute atomic E-state index is 6.18. The molecule has 220 valence electrons. The minimum absolute atomic E-state index is 0.0417. The fourth-order valence-corrected chi connectivity index (χ4v) is 3.80. The summed E-state index contributed by atoms with van der Waals surface area (Å²) in [6.07, 6.45) is 5.63. The lowest BCUT2D eigenvalue weighted by atomic mass is 9.80. The van der Waals surface area contributed by atoms with Gasteiger partial charge in [-0.05, 0) is 71.9 Å². The zero-order valence-electron chi connectivity index (χ0n) is 26.4. The molecule has 2 aromatic rings. The molecule has 7 nitrogen and oxygen atoms in total. The van der Waals surface area contributed by atoms with Gasteiger partial charge in [0.25, 0.3) is 0 Å². The van der Waals surface area contributed by atoms with Crippen LogP contribution in [0.5, 0.6) is 17.4 Å². The van der Waals surface area contributed by atoms with Crippen molar-refractivity contribution in [1.82, 2.24) is 20.6 Å². The van der Waals surface area contributed by atoms with Gasteiger partial charge in [0.05, 0.1) is 12.8 Å². The van der Waals surface area contributed by atoms with E-state index in [9.17, 15) is 0 Å². The van der Waals surface area contributed by atoms with Crippen LogP contribution >= 0.6 is 0 Å². The smallest absolute Gasteiger partial charge is 0.213 e. The molecule has 0 fully saturated rings. The number of hydrogen-bond acceptors (Lipinski definition) is 7. The number of nitrogens with one attached hydrogen (secondary N) is 2. The summed E-state index contributed by atoms with van der Waals surface area (Å²) in [4.78, 5) is 9.06. The van der Waals surface area contributed by atoms with Gasteiger partial charge in [-0.15, -0.1) is 0 Å². The molecule has 0 amide bonds. The number of pyridine rings is 2. The second kappa shape index (κ2) is 13.8. The fraction of sp³-hybridized carbons (Fsp3) is 0.688. The van der Waals surface area contributed by atoms with Crippen LogP contribution in [0.1, 0.15) is 94.7 Å². The van der Waals surface area contributed by atoms with Crippen LogP contribution in [0.25, 0.3) is 0 Å². The molecule has 39 heavy (non-hydrogen) atoms. The average Bonchev–Trinajstić information content (AvgIpc) is 2.83. The Kier molecular flexibility index (Phi) is 11.6. The molecule has 0 aromatic carbocycles. The Morgan fingerprint density at radius 3 is 2.15 bits per heavy atom. The Labute approximate surface area is 237 Å². The van der Waals surface area contributed by atoms with Gasteiger partial charge in [0, 0.05) is 53.6 Å². The lowest BCUT2D eigenvalue weighted by Gasteiger charge is -2.32. The number of rotatable bonds is 15. The van der Waals surface area contributed by atoms with Crippen molar-refractivity contribution >= 4 is 0 Å². The van der Waals surface area contributed by atoms with Crippen molar-refractivity contribution in [3.05, 3.63) is 42.4 Å². The zero-order valence-corrected chi connectivity index (χ0v) is 26.4. The van der Waals surface area contributed by atoms with Crippen LogP contribution in [0, 0.1) is 5.41 Å². The minimum Gasteiger partial charge on any atom is -0.491 e. The first-order chi connectivity index (χ1) is 17.9. The molecule has 0 saturated heterocycles. The van der Waals surface area contributed by atoms with Gasteiger partial charge < -0.3 is 24.8 Å². The molecule has 0 bridgehead atoms. The number of hydrogen-bond donors (Lipinski definition) is 2. The van der Waals surface area contributed by atoms with E-state index in [0.29, 0.717) is 19.1 Å². The van der Waals surface area contributed by atoms with E-state index >= 15 is 0 Å². The third-order valence-electron chi connectivity index (χ3n) is 6.39. The largest absolute Gasteiger partial charge is 0.491 e. The summed E-state index contributed by atoms with van der Waals surface area (Å²) in [5, 5.41) is 7.14. The molecule has 0 spiro atoms. The van der Waals surface area contributed by atoms with Gasteiger partial charge >= 0.3 is 0 Å². The zero-order chi connectivity index (χ0) is 29.3. The van der Waals surface area contributed by atoms with Gasteiger partial charge in [0.15, 0.2) is 0 Å². The highest BCUT2D eigenvalue weighted by Crippen LogP contribution is 2.31. The van der Waals surface area contributed by atoms with E-state index in [2.05, 4.69) is 97.8 Å². The summed E-state index contributed by atoms with van der Waals surface area (Å²) >= 11 is 0. The Bertz CT molecular complexity index is 992. The second-order valence-corrected chi connectivity index (χ2v) is 14.2. The highest BCUT2D eigenvalue weighted by atomic mass is 16.5. The monoisotopic (exact) mass is 542 g/mol. The molecule has 0 aliphatic carbocycles. The molecule has 2 aromatic heterocycles. The van der Waals surface area contributed by atoms with E-state index in [1.54, 1.807) is 6.20 Å². The fourth-order valence-electron chi connectivity index (χ4n) is 3.80. The predicted molar refractivity (Wildman–Crippen MR) is 161 cm³/mol. The second-order valence-electron chi connectivity index (χ2n) is 14.2. The van der Waals surface area contributed by atoms with Crippen molar-refractivity contribution in [1.29, 1.82) is 0 Å². The number of nitrogens with zero attached hydrogens (tertiary/aromatic N) is 2. The van der Waals surface area contributed by atoms with Crippen LogP contribution in [-0.4, -0.2) is 53.5 Å². The first-order valence-electron chi connectivity index (χ1n) is 14.3. The summed E-state index contributed by atoms with van der Waals surface area (Å²) < 4.78 is 17.8. The Morgan fingerprint density at radius 1 is 0.821 bits per heavy atom. The van der Waals surface area contributed by atoms with E-state index in [4.69, 9.17) is 19.2 Å². The molecular formula is C32H54N4O3. The molecule has 0 aliphatic rings. The predicted octanol–water partition coefficient (Wildman–Crippen LogP) is 6.56. The van der Waals surface area contributed by atoms with Crippen molar-refractivity contribution in [3.63, 3.8) is 0 Å². The van der Waals surface area contributed by atoms with Crippen molar-refractivity contribution in [2.75, 3.05) is 26.3 Å². The Morgan fingerprint density at radius 2 is 1.54 bits per heavy atom. The van der Waals surface area contributed by atoms with Crippen molar-refractivity contribution in [2.24, 2.45) is 5.41 Å². The highest BCUT2D eigenvalue weighted by Gasteiger charge is 2.27. The lowest BCUT2D eigenvalue weighted by Crippen LogP contribution is -2.42. The minimum atomic E-state index is -0.0809. The van der Waals surface area contributed by atoms with Gasteiger partial charge in [-0.1, -0.05) is 34.6 Å². The Balaban J connectivity index is 1.79. The maximum Gasteiger partial charge on any atom is 0.213 e. The summed E-state index contributed by atoms with van der Waals surface area (Å²) in [6.45, 7) is 26.7. The van der Waals surface area contributed by atoms with E-state index in [-0.39, 0.29) is 28.0 Å². The molecule has 1 unspecified atom stereocenters. The molecule has 7 heteroatoms. The molecule has 1 atom stereocenters. The summed E-state index contributed by atoms with van der Waals surface area (Å²) in [5.41, 5.74) is 1.11. The molecule has 2 rings (SSSR count). The third kappa shape index (κ3) is 13.5. The summed E-state index contributed by atoms with van der Waals surface area (Å²) in [6, 6.07) is 7.80. The van der Waals surface area contributed by atoms with Crippen LogP contribution in [0.2, 0.25) is 0 Å². The van der Waals surface area contributed by atoms with Crippen LogP contribution in [0.15, 0.2) is 36.7 Å². The maximum atomic E-state index is 6.18. The quantitative estimate of drug-likeness (QED) is 0.247. The van der Waals surface area contributed by atoms with Crippen LogP contribution in [0.3, 0.4) is 0 Å². The number of aromatic nitrogens is 2. The van der Waals surface area contributed by atoms with Gasteiger partial charge in [0.2, 0.25) is 5.88 Å². The molecule has 0 saturated carbocycles. The number of ether oxygens (including phenoxy) is 3. The van der Waals surface area contributed by atoms with Gasteiger partial charge in [-0.3, -0.25) is 4.98 Å². The average molecular weight is 543 g/mol. The normalized spacial score (nSPS) is 13.7. The van der Waals surface area contributed by atoms with Gasteiger partial charge in [0.1, 0.15) is 24.2 Å². The first kappa shape index (κ1) is 32.8. The highest BCUT2D eigenvalue weighted by molar-refractivity contribution is 5.27. The third-order valence-corrected chi connectivity index (χ3v) is 6.39. The SMILES string of the molecule is CC(CNC(C)(C)C)Oc1ccnc(C(C)(C)CCC(C)(C)NCCOc2ccc(OCC(C)(C)C)cn2)c1. The summed E-state index contributed by atoms with van der Waals surface area (Å²) in [5.74, 6) is 2.24. The molecule has 2 heterocycles. The van der Waals surface area contributed by atoms with Gasteiger partial charge in [-0.25, -0.2) is 4.98 Å².